The molecule has 112 heavy (non-hydrogen) atoms. The Morgan fingerprint density at radius 2 is 1.08 bits per heavy atom. The van der Waals surface area contributed by atoms with Gasteiger partial charge in [0.15, 0.2) is 5.78 Å². The van der Waals surface area contributed by atoms with Gasteiger partial charge in [0.25, 0.3) is 0 Å². The number of esters is 1. The molecule has 1 aliphatic rings. The van der Waals surface area contributed by atoms with Gasteiger partial charge >= 0.3 is 29.8 Å². The van der Waals surface area contributed by atoms with Gasteiger partial charge < -0.3 is 117 Å². The van der Waals surface area contributed by atoms with E-state index in [1.54, 1.807) is 0 Å². The number of nitrogens with two attached hydrogens (primary N) is 3. The summed E-state index contributed by atoms with van der Waals surface area (Å²) in [5, 5.41) is 77.7. The van der Waals surface area contributed by atoms with Crippen molar-refractivity contribution in [2.24, 2.45) is 17.4 Å². The number of ketones is 1. The number of unbranched alkanes of at least 4 members (excludes halogenated alkanes) is 6. The number of Topliss-reactive ketones (excluding diaryl/α,β-unsaturated/α-hetero) is 1. The van der Waals surface area contributed by atoms with Crippen molar-refractivity contribution in [1.29, 1.82) is 0 Å². The van der Waals surface area contributed by atoms with Gasteiger partial charge in [0.2, 0.25) is 82.7 Å². The van der Waals surface area contributed by atoms with Crippen LogP contribution in [0.15, 0.2) is 48.8 Å². The van der Waals surface area contributed by atoms with Gasteiger partial charge in [0, 0.05) is 42.9 Å². The average molecular weight is 1580 g/mol. The minimum atomic E-state index is -2.45. The number of amides is 14. The summed E-state index contributed by atoms with van der Waals surface area (Å²) in [4.78, 5) is 276. The molecule has 2 aromatic rings. The number of carbonyl (C=O) groups excluding carboxylic acids is 16. The first-order valence-electron chi connectivity index (χ1n) is 35.7. The lowest BCUT2D eigenvalue weighted by molar-refractivity contribution is -0.156. The molecule has 616 valence electrons. The number of rotatable bonds is 35. The van der Waals surface area contributed by atoms with Crippen LogP contribution in [0.2, 0.25) is 0 Å². The number of ether oxygens (including phenoxy) is 1. The molecule has 43 nitrogen and oxygen atoms in total. The Kier molecular flexibility index (Phi) is 40.5. The predicted molar refractivity (Wildman–Crippen MR) is 386 cm³/mol. The smallest absolute Gasteiger partial charge is 0.329 e. The predicted octanol–water partition coefficient (Wildman–Crippen LogP) is -6.71. The monoisotopic (exact) mass is 1580 g/mol. The number of pyridine rings is 1. The number of para-hydroxylation sites is 1. The molecule has 1 aromatic carbocycles. The Morgan fingerprint density at radius 1 is 0.554 bits per heavy atom. The van der Waals surface area contributed by atoms with E-state index in [-0.39, 0.29) is 37.1 Å². The summed E-state index contributed by atoms with van der Waals surface area (Å²) in [7, 11) is 0. The summed E-state index contributed by atoms with van der Waals surface area (Å²) < 4.78 is 5.66. The highest BCUT2D eigenvalue weighted by Crippen LogP contribution is 2.18. The second-order valence-electron chi connectivity index (χ2n) is 26.2. The third-order valence-electron chi connectivity index (χ3n) is 17.0. The van der Waals surface area contributed by atoms with Gasteiger partial charge in [-0.15, -0.1) is 0 Å². The first kappa shape index (κ1) is 93.9. The van der Waals surface area contributed by atoms with E-state index >= 15 is 0 Å². The third-order valence-corrected chi connectivity index (χ3v) is 17.0. The molecule has 43 heteroatoms. The summed E-state index contributed by atoms with van der Waals surface area (Å²) in [5.74, 6) is -29.8. The van der Waals surface area contributed by atoms with Crippen molar-refractivity contribution < 1.29 is 126 Å². The number of carboxylic acid groups (broad SMARTS) is 4. The van der Waals surface area contributed by atoms with E-state index in [0.717, 1.165) is 52.9 Å². The highest BCUT2D eigenvalue weighted by atomic mass is 16.5. The van der Waals surface area contributed by atoms with Crippen LogP contribution in [-0.2, 0) is 102 Å². The van der Waals surface area contributed by atoms with E-state index in [0.29, 0.717) is 18.4 Å². The summed E-state index contributed by atoms with van der Waals surface area (Å²) in [5.41, 5.74) is 17.3. The lowest BCUT2D eigenvalue weighted by Crippen LogP contribution is -2.62. The maximum absolute atomic E-state index is 14.8. The highest BCUT2D eigenvalue weighted by Gasteiger charge is 2.41. The number of aliphatic hydroxyl groups is 1. The number of primary amides is 1. The first-order valence-corrected chi connectivity index (χ1v) is 35.7. The van der Waals surface area contributed by atoms with Crippen LogP contribution in [-0.4, -0.2) is 248 Å². The van der Waals surface area contributed by atoms with Crippen molar-refractivity contribution in [1.82, 2.24) is 74.1 Å². The van der Waals surface area contributed by atoms with Crippen LogP contribution in [0.1, 0.15) is 146 Å². The molecule has 24 N–H and O–H groups in total. The number of nitrogens with zero attached hydrogens (tertiary/aromatic N) is 1. The quantitative estimate of drug-likeness (QED) is 0.0132. The van der Waals surface area contributed by atoms with Gasteiger partial charge in [-0.05, 0) is 75.4 Å². The summed E-state index contributed by atoms with van der Waals surface area (Å²) in [6, 6.07) is -14.4. The second kappa shape index (κ2) is 48.3. The number of nitrogen functional groups attached to an aromatic ring is 1. The molecule has 0 saturated carbocycles. The fraction of sp³-hybridized carbons (Fsp3) is 0.551. The van der Waals surface area contributed by atoms with Crippen molar-refractivity contribution in [3.8, 4) is 0 Å². The van der Waals surface area contributed by atoms with Crippen molar-refractivity contribution in [2.75, 3.05) is 32.0 Å². The van der Waals surface area contributed by atoms with Crippen molar-refractivity contribution in [2.45, 2.75) is 209 Å². The van der Waals surface area contributed by atoms with Gasteiger partial charge in [-0.25, -0.2) is 4.79 Å². The Hall–Kier alpha value is -12.3. The van der Waals surface area contributed by atoms with Crippen LogP contribution in [0.3, 0.4) is 0 Å². The molecule has 13 atom stereocenters. The molecule has 3 rings (SSSR count). The number of aliphatic hydroxyl groups excluding tert-OH is 1. The van der Waals surface area contributed by atoms with E-state index in [1.807, 2.05) is 16.0 Å². The number of hydrogen-bond acceptors (Lipinski definition) is 25. The van der Waals surface area contributed by atoms with Gasteiger partial charge in [-0.2, -0.15) is 0 Å². The number of aliphatic carboxylic acids is 4. The zero-order valence-corrected chi connectivity index (χ0v) is 62.0. The Morgan fingerprint density at radius 3 is 1.65 bits per heavy atom. The molecule has 0 radical (unpaired) electrons. The number of aromatic nitrogens is 1. The highest BCUT2D eigenvalue weighted by molar-refractivity contribution is 6.05. The molecule has 14 amide bonds. The minimum absolute atomic E-state index is 0.0162. The van der Waals surface area contributed by atoms with Gasteiger partial charge in [0.1, 0.15) is 72.6 Å². The first-order chi connectivity index (χ1) is 52.9. The van der Waals surface area contributed by atoms with Crippen LogP contribution in [0.4, 0.5) is 5.69 Å². The third kappa shape index (κ3) is 34.1. The molecule has 1 aromatic heterocycles. The molecule has 1 saturated heterocycles. The standard InChI is InChI=1S/C69H99N17O26/c1-5-6-7-8-9-10-11-18-50(90)78-41(25-37-19-22-73-23-20-37)63(105)81-42(27-49(72)89)64(106)83-45(30-56(99)100)65(107)86-58-36(4)112-69(111)46(26-48(88)38-15-12-13-16-39(38)71)84-68(110)57(34(2)24-53(93)94)85-66(108)47(33-87)79-52(92)31-74-60(102)43(28-54(95)96)80-59(101)35(3)76-62(104)44(29-55(97)98)82-61(103)40(17-14-21-70)77-51(91)32-75-67(58)109/h12-13,15-16,19-20,22-23,34-36,40-47,57-58,87H,5-11,14,17-18,21,24-33,70-71H2,1-4H3,(H2,72,89)(H,74,102)(H,75,109)(H,76,104)(H,77,91)(H,78,90)(H,79,92)(H,80,101)(H,81,105)(H,82,103)(H,83,106)(H,84,110)(H,85,108)(H,86,107)(H,93,94)(H,95,96)(H,97,98)(H,99,100)/t34-,35+,36+,40-,41-,42-,43-,44-,45-,46-,47+,57-,58-/m0/s1. The van der Waals surface area contributed by atoms with E-state index in [2.05, 4.69) is 65.1 Å². The van der Waals surface area contributed by atoms with Gasteiger partial charge in [-0.1, -0.05) is 64.5 Å². The lowest BCUT2D eigenvalue weighted by atomic mass is 9.96. The Labute approximate surface area is 640 Å². The van der Waals surface area contributed by atoms with Crippen molar-refractivity contribution in [3.63, 3.8) is 0 Å². The summed E-state index contributed by atoms with van der Waals surface area (Å²) in [6.07, 6.45) is -1.10. The van der Waals surface area contributed by atoms with E-state index in [1.165, 1.54) is 48.8 Å². The second-order valence-corrected chi connectivity index (χ2v) is 26.2. The number of benzene rings is 1. The van der Waals surface area contributed by atoms with Crippen molar-refractivity contribution in [3.05, 3.63) is 59.9 Å². The normalized spacial score (nSPS) is 21.4. The number of hydrogen-bond donors (Lipinski definition) is 21. The maximum atomic E-state index is 14.8. The number of carbonyl (C=O) groups is 20. The van der Waals surface area contributed by atoms with Crippen LogP contribution in [0.5, 0.6) is 0 Å². The van der Waals surface area contributed by atoms with E-state index in [4.69, 9.17) is 21.9 Å². The molecule has 1 aliphatic heterocycles. The Bertz CT molecular complexity index is 3720. The maximum Gasteiger partial charge on any atom is 0.329 e. The SMILES string of the molecule is CCCCCCCCCC(=O)N[C@@H](Cc1ccncc1)C(=O)N[C@@H](CC(N)=O)C(=O)N[C@@H](CC(=O)O)C(=O)N[C@@H]1C(=O)NCC(=O)N[C@@H](CCCN)C(=O)N[C@@H](CC(=O)O)C(=O)N[C@H](C)C(=O)N[C@@H](CC(=O)O)C(=O)NCC(=O)N[C@H](CO)C(=O)N[C@@H]([C@@H](C)CC(=O)O)C(=O)N[C@@H](CC(=O)c2ccccc2N)C(=O)O[C@@H]1C. The Balaban J connectivity index is 2.28. The largest absolute Gasteiger partial charge is 0.481 e. The van der Waals surface area contributed by atoms with E-state index < -0.39 is 261 Å². The number of carboxylic acids is 4. The zero-order chi connectivity index (χ0) is 83.9. The molecule has 0 bridgehead atoms. The summed E-state index contributed by atoms with van der Waals surface area (Å²) >= 11 is 0. The fourth-order valence-electron chi connectivity index (χ4n) is 11.0. The van der Waals surface area contributed by atoms with Gasteiger partial charge in [0.05, 0.1) is 51.8 Å². The molecule has 0 unspecified atom stereocenters. The molecule has 1 fully saturated rings. The zero-order valence-electron chi connectivity index (χ0n) is 62.0. The average Bonchev–Trinajstić information content (AvgIpc) is 0.837. The van der Waals surface area contributed by atoms with Crippen LogP contribution < -0.4 is 86.3 Å². The number of cyclic esters (lactones) is 1. The van der Waals surface area contributed by atoms with Crippen LogP contribution >= 0.6 is 0 Å². The number of nitrogens with one attached hydrogen (secondary N) is 13. The fourth-order valence-corrected chi connectivity index (χ4v) is 11.0. The molecule has 0 aliphatic carbocycles. The molecular weight excluding hydrogens is 1480 g/mol. The molecule has 2 heterocycles. The van der Waals surface area contributed by atoms with Crippen LogP contribution in [0.25, 0.3) is 0 Å². The summed E-state index contributed by atoms with van der Waals surface area (Å²) in [6.45, 7) is 1.10. The molecule has 0 spiro atoms. The minimum Gasteiger partial charge on any atom is -0.481 e. The van der Waals surface area contributed by atoms with Crippen LogP contribution in [0, 0.1) is 5.92 Å². The number of anilines is 1. The van der Waals surface area contributed by atoms with Gasteiger partial charge in [-0.3, -0.25) is 96.1 Å². The molecular formula is C69H99N17O26. The lowest BCUT2D eigenvalue weighted by Gasteiger charge is -2.30. The van der Waals surface area contributed by atoms with E-state index in [9.17, 15) is 121 Å². The topological polar surface area (TPSA) is 699 Å². The van der Waals surface area contributed by atoms with Crippen molar-refractivity contribution >= 4 is 124 Å².